The quantitative estimate of drug-likeness (QED) is 0.662. The van der Waals surface area contributed by atoms with Crippen molar-refractivity contribution in [3.63, 3.8) is 0 Å². The number of nitrogens with one attached hydrogen (secondary N) is 2. The number of allylic oxidation sites excluding steroid dienone is 6. The largest absolute Gasteiger partial charge is 0.492 e. The maximum absolute atomic E-state index is 14.1. The van der Waals surface area contributed by atoms with Crippen LogP contribution in [0.5, 0.6) is 0 Å². The molecule has 2 N–H and O–H groups in total. The number of hydrogen-bond donors (Lipinski definition) is 2. The first-order chi connectivity index (χ1) is 15.9. The molecule has 1 unspecified atom stereocenters. The van der Waals surface area contributed by atoms with E-state index >= 15 is 0 Å². The van der Waals surface area contributed by atoms with Crippen molar-refractivity contribution in [1.29, 1.82) is 0 Å². The van der Waals surface area contributed by atoms with Crippen molar-refractivity contribution in [2.45, 2.75) is 25.8 Å². The zero-order valence-electron chi connectivity index (χ0n) is 18.7. The Kier molecular flexibility index (Phi) is 6.31. The van der Waals surface area contributed by atoms with Crippen LogP contribution in [0.25, 0.3) is 5.57 Å². The zero-order valence-corrected chi connectivity index (χ0v) is 18.7. The molecule has 1 aromatic heterocycles. The lowest BCUT2D eigenvalue weighted by molar-refractivity contribution is -0.121. The Bertz CT molecular complexity index is 1190. The summed E-state index contributed by atoms with van der Waals surface area (Å²) in [5.41, 5.74) is 5.09. The van der Waals surface area contributed by atoms with Gasteiger partial charge in [0.15, 0.2) is 11.5 Å². The molecule has 1 amide bonds. The number of methoxy groups -OCH3 is 2. The Morgan fingerprint density at radius 1 is 1.18 bits per heavy atom. The van der Waals surface area contributed by atoms with Gasteiger partial charge in [0, 0.05) is 24.2 Å². The highest BCUT2D eigenvalue weighted by molar-refractivity contribution is 6.07. The van der Waals surface area contributed by atoms with Crippen LogP contribution in [0.4, 0.5) is 4.39 Å². The number of Topliss-reactive ketones (excluding diaryl/α,β-unsaturated/α-hetero) is 1. The van der Waals surface area contributed by atoms with E-state index in [1.165, 1.54) is 26.4 Å². The summed E-state index contributed by atoms with van der Waals surface area (Å²) in [7, 11) is 2.86. The summed E-state index contributed by atoms with van der Waals surface area (Å²) in [6.07, 6.45) is 7.20. The summed E-state index contributed by atoms with van der Waals surface area (Å²) in [4.78, 5) is 28.0. The Morgan fingerprint density at radius 2 is 1.91 bits per heavy atom. The number of rotatable bonds is 7. The second-order valence-electron chi connectivity index (χ2n) is 7.96. The van der Waals surface area contributed by atoms with Crippen molar-refractivity contribution in [3.8, 4) is 0 Å². The third-order valence-electron chi connectivity index (χ3n) is 5.95. The SMILES string of the molecule is COC1=CC(=CC2=C(C)C(CC(=O)NCc3ccc[nH]3)c3cc(F)ccc32)C=C(OC)C1=O. The summed E-state index contributed by atoms with van der Waals surface area (Å²) in [6.45, 7) is 2.35. The predicted molar refractivity (Wildman–Crippen MR) is 122 cm³/mol. The third kappa shape index (κ3) is 4.53. The third-order valence-corrected chi connectivity index (χ3v) is 5.95. The molecule has 170 valence electrons. The summed E-state index contributed by atoms with van der Waals surface area (Å²) in [5.74, 6) is -0.697. The lowest BCUT2D eigenvalue weighted by Crippen LogP contribution is -2.24. The van der Waals surface area contributed by atoms with Gasteiger partial charge in [0.05, 0.1) is 20.8 Å². The predicted octanol–water partition coefficient (Wildman–Crippen LogP) is 4.30. The topological polar surface area (TPSA) is 80.4 Å². The number of ether oxygens (including phenoxy) is 2. The lowest BCUT2D eigenvalue weighted by Gasteiger charge is -2.14. The van der Waals surface area contributed by atoms with Crippen molar-refractivity contribution < 1.29 is 23.5 Å². The average Bonchev–Trinajstić information content (AvgIpc) is 3.41. The van der Waals surface area contributed by atoms with E-state index in [1.54, 1.807) is 24.4 Å². The van der Waals surface area contributed by atoms with Gasteiger partial charge in [-0.15, -0.1) is 0 Å². The zero-order chi connectivity index (χ0) is 23.5. The molecule has 0 spiro atoms. The van der Waals surface area contributed by atoms with Crippen LogP contribution in [0.1, 0.15) is 36.1 Å². The molecule has 2 aliphatic carbocycles. The molecular formula is C26H25FN2O4. The summed E-state index contributed by atoms with van der Waals surface area (Å²) >= 11 is 0. The van der Waals surface area contributed by atoms with Gasteiger partial charge in [0.25, 0.3) is 5.78 Å². The van der Waals surface area contributed by atoms with Crippen LogP contribution in [-0.4, -0.2) is 30.9 Å². The molecule has 4 rings (SSSR count). The number of ketones is 1. The van der Waals surface area contributed by atoms with Crippen LogP contribution in [-0.2, 0) is 25.6 Å². The van der Waals surface area contributed by atoms with E-state index in [0.29, 0.717) is 12.1 Å². The number of H-pyrrole nitrogens is 1. The number of benzene rings is 1. The van der Waals surface area contributed by atoms with Crippen LogP contribution >= 0.6 is 0 Å². The highest BCUT2D eigenvalue weighted by Crippen LogP contribution is 2.45. The number of hydrogen-bond acceptors (Lipinski definition) is 4. The Balaban J connectivity index is 1.66. The van der Waals surface area contributed by atoms with Crippen molar-refractivity contribution in [2.75, 3.05) is 14.2 Å². The van der Waals surface area contributed by atoms with E-state index in [1.807, 2.05) is 25.1 Å². The molecule has 2 aliphatic rings. The van der Waals surface area contributed by atoms with Gasteiger partial charge in [-0.2, -0.15) is 0 Å². The van der Waals surface area contributed by atoms with Gasteiger partial charge in [-0.05, 0) is 71.7 Å². The van der Waals surface area contributed by atoms with Crippen LogP contribution in [0, 0.1) is 5.82 Å². The Morgan fingerprint density at radius 3 is 2.55 bits per heavy atom. The van der Waals surface area contributed by atoms with E-state index in [0.717, 1.165) is 28.0 Å². The van der Waals surface area contributed by atoms with Crippen molar-refractivity contribution >= 4 is 17.3 Å². The number of aromatic amines is 1. The minimum Gasteiger partial charge on any atom is -0.492 e. The highest BCUT2D eigenvalue weighted by atomic mass is 19.1. The average molecular weight is 448 g/mol. The molecule has 1 heterocycles. The van der Waals surface area contributed by atoms with Crippen molar-refractivity contribution in [3.05, 3.63) is 100 Å². The van der Waals surface area contributed by atoms with Gasteiger partial charge < -0.3 is 19.8 Å². The van der Waals surface area contributed by atoms with Gasteiger partial charge in [-0.1, -0.05) is 11.6 Å². The molecule has 0 radical (unpaired) electrons. The van der Waals surface area contributed by atoms with Gasteiger partial charge in [-0.3, -0.25) is 9.59 Å². The Labute approximate surface area is 191 Å². The van der Waals surface area contributed by atoms with Crippen molar-refractivity contribution in [2.24, 2.45) is 0 Å². The first-order valence-electron chi connectivity index (χ1n) is 10.6. The van der Waals surface area contributed by atoms with E-state index in [9.17, 15) is 14.0 Å². The number of halogens is 1. The first-order valence-corrected chi connectivity index (χ1v) is 10.6. The number of fused-ring (bicyclic) bond motifs is 1. The van der Waals surface area contributed by atoms with E-state index < -0.39 is 0 Å². The van der Waals surface area contributed by atoms with Gasteiger partial charge in [0.1, 0.15) is 5.82 Å². The van der Waals surface area contributed by atoms with Crippen LogP contribution in [0.3, 0.4) is 0 Å². The van der Waals surface area contributed by atoms with Crippen LogP contribution in [0.2, 0.25) is 0 Å². The second-order valence-corrected chi connectivity index (χ2v) is 7.96. The standard InChI is InChI=1S/C26H25FN2O4/c1-15-20(9-16-10-23(32-2)26(31)24(11-16)33-3)19-7-6-17(27)12-22(19)21(15)13-25(30)29-14-18-5-4-8-28-18/h4-12,21,28H,13-14H2,1-3H3,(H,29,30). The summed E-state index contributed by atoms with van der Waals surface area (Å²) in [5, 5.41) is 2.91. The smallest absolute Gasteiger partial charge is 0.261 e. The van der Waals surface area contributed by atoms with Crippen molar-refractivity contribution in [1.82, 2.24) is 10.3 Å². The molecule has 7 heteroatoms. The molecule has 0 saturated carbocycles. The number of amides is 1. The van der Waals surface area contributed by atoms with Crippen LogP contribution < -0.4 is 5.32 Å². The molecule has 1 aromatic carbocycles. The van der Waals surface area contributed by atoms with E-state index in [-0.39, 0.29) is 41.4 Å². The molecule has 0 aliphatic heterocycles. The molecule has 1 atom stereocenters. The molecule has 0 bridgehead atoms. The highest BCUT2D eigenvalue weighted by Gasteiger charge is 2.31. The Hall–Kier alpha value is -3.87. The monoisotopic (exact) mass is 448 g/mol. The number of carbonyl (C=O) groups is 2. The fraction of sp³-hybridized carbons (Fsp3) is 0.231. The van der Waals surface area contributed by atoms with E-state index in [2.05, 4.69) is 10.3 Å². The summed E-state index contributed by atoms with van der Waals surface area (Å²) < 4.78 is 24.5. The van der Waals surface area contributed by atoms with Gasteiger partial charge in [0.2, 0.25) is 5.91 Å². The van der Waals surface area contributed by atoms with E-state index in [4.69, 9.17) is 9.47 Å². The molecule has 0 saturated heterocycles. The minimum absolute atomic E-state index is 0.121. The molecule has 6 nitrogen and oxygen atoms in total. The summed E-state index contributed by atoms with van der Waals surface area (Å²) in [6, 6.07) is 8.40. The molecule has 2 aromatic rings. The fourth-order valence-electron chi connectivity index (χ4n) is 4.23. The lowest BCUT2D eigenvalue weighted by atomic mass is 9.92. The number of aromatic nitrogens is 1. The number of carbonyl (C=O) groups excluding carboxylic acids is 2. The maximum atomic E-state index is 14.1. The molecule has 0 fully saturated rings. The second kappa shape index (κ2) is 9.32. The molecule has 33 heavy (non-hydrogen) atoms. The normalized spacial score (nSPS) is 17.4. The van der Waals surface area contributed by atoms with Gasteiger partial charge in [-0.25, -0.2) is 4.39 Å². The van der Waals surface area contributed by atoms with Gasteiger partial charge >= 0.3 is 0 Å². The first kappa shape index (κ1) is 22.3. The fourth-order valence-corrected chi connectivity index (χ4v) is 4.23. The minimum atomic E-state index is -0.348. The maximum Gasteiger partial charge on any atom is 0.261 e. The molecular weight excluding hydrogens is 423 g/mol. The van der Waals surface area contributed by atoms with Crippen LogP contribution in [0.15, 0.2) is 77.4 Å².